The minimum atomic E-state index is -0.0862. The number of nitrogens with one attached hydrogen (secondary N) is 1. The van der Waals surface area contributed by atoms with Crippen molar-refractivity contribution in [2.75, 3.05) is 11.1 Å². The number of pyridine rings is 2. The van der Waals surface area contributed by atoms with Crippen LogP contribution in [0.1, 0.15) is 6.92 Å². The normalized spacial score (nSPS) is 10.9. The molecule has 0 aliphatic rings. The van der Waals surface area contributed by atoms with Gasteiger partial charge in [0.15, 0.2) is 11.0 Å². The van der Waals surface area contributed by atoms with E-state index in [1.807, 2.05) is 54.0 Å². The molecule has 4 aromatic rings. The average molecular weight is 390 g/mol. The summed E-state index contributed by atoms with van der Waals surface area (Å²) in [5.41, 5.74) is 2.43. The van der Waals surface area contributed by atoms with E-state index in [9.17, 15) is 4.79 Å². The first-order chi connectivity index (χ1) is 13.8. The Labute approximate surface area is 166 Å². The number of hydrogen-bond donors (Lipinski definition) is 1. The van der Waals surface area contributed by atoms with Gasteiger partial charge in [0, 0.05) is 36.2 Å². The summed E-state index contributed by atoms with van der Waals surface area (Å²) in [5, 5.41) is 13.1. The lowest BCUT2D eigenvalue weighted by molar-refractivity contribution is -0.113. The third-order valence-electron chi connectivity index (χ3n) is 4.18. The summed E-state index contributed by atoms with van der Waals surface area (Å²) in [7, 11) is 0. The maximum atomic E-state index is 12.2. The van der Waals surface area contributed by atoms with Crippen LogP contribution >= 0.6 is 11.8 Å². The molecule has 1 amide bonds. The second kappa shape index (κ2) is 8.18. The van der Waals surface area contributed by atoms with Crippen molar-refractivity contribution in [3.63, 3.8) is 0 Å². The number of nitrogens with zero attached hydrogens (tertiary/aromatic N) is 5. The van der Waals surface area contributed by atoms with Crippen LogP contribution in [0.3, 0.4) is 0 Å². The molecule has 0 atom stereocenters. The highest BCUT2D eigenvalue weighted by atomic mass is 32.2. The van der Waals surface area contributed by atoms with Crippen molar-refractivity contribution in [2.24, 2.45) is 0 Å². The Kier molecular flexibility index (Phi) is 5.29. The predicted molar refractivity (Wildman–Crippen MR) is 110 cm³/mol. The molecular formula is C20H18N6OS. The molecule has 8 heteroatoms. The lowest BCUT2D eigenvalue weighted by Gasteiger charge is -2.09. The predicted octanol–water partition coefficient (Wildman–Crippen LogP) is 3.64. The smallest absolute Gasteiger partial charge is 0.234 e. The molecule has 140 valence electrons. The molecule has 0 bridgehead atoms. The Bertz CT molecular complexity index is 1110. The monoisotopic (exact) mass is 390 g/mol. The summed E-state index contributed by atoms with van der Waals surface area (Å²) >= 11 is 1.36. The number of benzene rings is 1. The molecule has 0 spiro atoms. The molecule has 3 aromatic heterocycles. The van der Waals surface area contributed by atoms with Crippen LogP contribution in [0.5, 0.6) is 0 Å². The van der Waals surface area contributed by atoms with E-state index < -0.39 is 0 Å². The molecule has 0 saturated carbocycles. The van der Waals surface area contributed by atoms with E-state index in [0.29, 0.717) is 17.5 Å². The van der Waals surface area contributed by atoms with E-state index in [-0.39, 0.29) is 11.7 Å². The van der Waals surface area contributed by atoms with Gasteiger partial charge in [-0.2, -0.15) is 0 Å². The summed E-state index contributed by atoms with van der Waals surface area (Å²) in [6, 6.07) is 13.2. The maximum Gasteiger partial charge on any atom is 0.234 e. The first-order valence-corrected chi connectivity index (χ1v) is 9.85. The van der Waals surface area contributed by atoms with Gasteiger partial charge in [0.05, 0.1) is 16.8 Å². The maximum absolute atomic E-state index is 12.2. The van der Waals surface area contributed by atoms with Crippen LogP contribution in [0.15, 0.2) is 66.2 Å². The van der Waals surface area contributed by atoms with Crippen molar-refractivity contribution < 1.29 is 4.79 Å². The number of aromatic nitrogens is 5. The fraction of sp³-hybridized carbons (Fsp3) is 0.150. The quantitative estimate of drug-likeness (QED) is 0.506. The Morgan fingerprint density at radius 3 is 2.79 bits per heavy atom. The number of fused-ring (bicyclic) bond motifs is 1. The number of hydrogen-bond acceptors (Lipinski definition) is 6. The number of amides is 1. The molecule has 0 saturated heterocycles. The second-order valence-electron chi connectivity index (χ2n) is 6.02. The van der Waals surface area contributed by atoms with Gasteiger partial charge < -0.3 is 9.88 Å². The van der Waals surface area contributed by atoms with Gasteiger partial charge in [-0.3, -0.25) is 14.8 Å². The van der Waals surface area contributed by atoms with Crippen LogP contribution in [-0.2, 0) is 11.3 Å². The van der Waals surface area contributed by atoms with Crippen LogP contribution in [0.4, 0.5) is 5.69 Å². The number of para-hydroxylation sites is 1. The number of thioether (sulfide) groups is 1. The topological polar surface area (TPSA) is 85.6 Å². The minimum absolute atomic E-state index is 0.0862. The molecule has 0 radical (unpaired) electrons. The third kappa shape index (κ3) is 3.72. The van der Waals surface area contributed by atoms with Crippen LogP contribution in [-0.4, -0.2) is 36.4 Å². The Morgan fingerprint density at radius 1 is 1.11 bits per heavy atom. The van der Waals surface area contributed by atoms with Gasteiger partial charge in [0.25, 0.3) is 0 Å². The molecule has 1 N–H and O–H groups in total. The number of rotatable bonds is 6. The Morgan fingerprint density at radius 2 is 1.96 bits per heavy atom. The summed E-state index contributed by atoms with van der Waals surface area (Å²) in [6.45, 7) is 2.70. The second-order valence-corrected chi connectivity index (χ2v) is 6.96. The van der Waals surface area contributed by atoms with E-state index in [4.69, 9.17) is 0 Å². The molecule has 0 aliphatic heterocycles. The summed E-state index contributed by atoms with van der Waals surface area (Å²) in [6.07, 6.45) is 5.28. The van der Waals surface area contributed by atoms with Crippen molar-refractivity contribution in [3.05, 3.63) is 61.1 Å². The number of carbonyl (C=O) groups excluding carboxylic acids is 1. The Balaban J connectivity index is 1.55. The van der Waals surface area contributed by atoms with E-state index in [2.05, 4.69) is 25.5 Å². The van der Waals surface area contributed by atoms with Crippen molar-refractivity contribution in [1.82, 2.24) is 24.7 Å². The van der Waals surface area contributed by atoms with Gasteiger partial charge >= 0.3 is 0 Å². The summed E-state index contributed by atoms with van der Waals surface area (Å²) < 4.78 is 1.98. The molecule has 28 heavy (non-hydrogen) atoms. The highest BCUT2D eigenvalue weighted by molar-refractivity contribution is 7.99. The molecule has 0 aliphatic carbocycles. The molecule has 3 heterocycles. The molecule has 0 fully saturated rings. The Hall–Kier alpha value is -3.26. The summed E-state index contributed by atoms with van der Waals surface area (Å²) in [4.78, 5) is 21.0. The van der Waals surface area contributed by atoms with Crippen molar-refractivity contribution in [3.8, 4) is 11.4 Å². The first-order valence-electron chi connectivity index (χ1n) is 8.86. The van der Waals surface area contributed by atoms with Gasteiger partial charge in [-0.25, -0.2) is 0 Å². The zero-order chi connectivity index (χ0) is 19.3. The lowest BCUT2D eigenvalue weighted by atomic mass is 10.2. The third-order valence-corrected chi connectivity index (χ3v) is 5.14. The van der Waals surface area contributed by atoms with Gasteiger partial charge in [0.2, 0.25) is 5.91 Å². The SMILES string of the molecule is CCn1c(SCC(=O)Nc2ccccc2)nnc1-c1cncc2cccnc12. The van der Waals surface area contributed by atoms with Crippen molar-refractivity contribution in [1.29, 1.82) is 0 Å². The highest BCUT2D eigenvalue weighted by Crippen LogP contribution is 2.28. The fourth-order valence-corrected chi connectivity index (χ4v) is 3.69. The number of anilines is 1. The van der Waals surface area contributed by atoms with E-state index >= 15 is 0 Å². The van der Waals surface area contributed by atoms with E-state index in [0.717, 1.165) is 22.2 Å². The van der Waals surface area contributed by atoms with Crippen LogP contribution < -0.4 is 5.32 Å². The number of carbonyl (C=O) groups is 1. The van der Waals surface area contributed by atoms with Crippen LogP contribution in [0.2, 0.25) is 0 Å². The minimum Gasteiger partial charge on any atom is -0.325 e. The first kappa shape index (κ1) is 18.1. The largest absolute Gasteiger partial charge is 0.325 e. The van der Waals surface area contributed by atoms with Gasteiger partial charge in [0.1, 0.15) is 0 Å². The zero-order valence-electron chi connectivity index (χ0n) is 15.2. The van der Waals surface area contributed by atoms with Crippen LogP contribution in [0, 0.1) is 0 Å². The zero-order valence-corrected chi connectivity index (χ0v) is 16.1. The molecule has 7 nitrogen and oxygen atoms in total. The van der Waals surface area contributed by atoms with Gasteiger partial charge in [-0.15, -0.1) is 10.2 Å². The van der Waals surface area contributed by atoms with Crippen molar-refractivity contribution >= 4 is 34.3 Å². The van der Waals surface area contributed by atoms with E-state index in [1.165, 1.54) is 11.8 Å². The standard InChI is InChI=1S/C20H18N6OS/c1-2-26-19(16-12-21-11-14-7-6-10-22-18(14)16)24-25-20(26)28-13-17(27)23-15-8-4-3-5-9-15/h3-12H,2,13H2,1H3,(H,23,27). The molecule has 1 aromatic carbocycles. The fourth-order valence-electron chi connectivity index (χ4n) is 2.89. The van der Waals surface area contributed by atoms with Crippen molar-refractivity contribution in [2.45, 2.75) is 18.6 Å². The highest BCUT2D eigenvalue weighted by Gasteiger charge is 2.17. The summed E-state index contributed by atoms with van der Waals surface area (Å²) in [5.74, 6) is 0.862. The van der Waals surface area contributed by atoms with Gasteiger partial charge in [-0.1, -0.05) is 30.0 Å². The molecule has 4 rings (SSSR count). The van der Waals surface area contributed by atoms with E-state index in [1.54, 1.807) is 18.6 Å². The molecule has 0 unspecified atom stereocenters. The van der Waals surface area contributed by atoms with Gasteiger partial charge in [-0.05, 0) is 31.2 Å². The lowest BCUT2D eigenvalue weighted by Crippen LogP contribution is -2.14. The molecular weight excluding hydrogens is 372 g/mol. The average Bonchev–Trinajstić information content (AvgIpc) is 3.15. The van der Waals surface area contributed by atoms with Crippen LogP contribution in [0.25, 0.3) is 22.3 Å².